The van der Waals surface area contributed by atoms with Gasteiger partial charge in [-0.1, -0.05) is 11.3 Å². The molecule has 1 radical (unpaired) electrons. The predicted octanol–water partition coefficient (Wildman–Crippen LogP) is 2.31. The molecule has 0 spiro atoms. The van der Waals surface area contributed by atoms with Crippen molar-refractivity contribution in [2.75, 3.05) is 23.3 Å². The second-order valence-corrected chi connectivity index (χ2v) is 5.52. The van der Waals surface area contributed by atoms with Crippen LogP contribution in [0.4, 0.5) is 20.0 Å². The molecule has 2 heterocycles. The van der Waals surface area contributed by atoms with E-state index in [1.807, 2.05) is 0 Å². The Bertz CT molecular complexity index is 745. The van der Waals surface area contributed by atoms with Crippen molar-refractivity contribution in [3.05, 3.63) is 40.8 Å². The maximum Gasteiger partial charge on any atom is 0.414 e. The molecule has 1 atom stereocenters. The molecule has 0 aliphatic carbocycles. The van der Waals surface area contributed by atoms with Gasteiger partial charge in [-0.05, 0) is 18.2 Å². The van der Waals surface area contributed by atoms with Gasteiger partial charge in [0.05, 0.1) is 17.8 Å². The fraction of sp³-hybridized carbons (Fsp3) is 0.231. The monoisotopic (exact) mass is 563 g/mol. The van der Waals surface area contributed by atoms with E-state index in [9.17, 15) is 14.0 Å². The van der Waals surface area contributed by atoms with Gasteiger partial charge in [0.25, 0.3) is 5.91 Å². The molecule has 0 bridgehead atoms. The largest absolute Gasteiger partial charge is 0.674 e. The summed E-state index contributed by atoms with van der Waals surface area (Å²) < 4.78 is 19.1. The van der Waals surface area contributed by atoms with E-state index in [1.54, 1.807) is 0 Å². The number of nitrogens with zero attached hydrogens (tertiary/aromatic N) is 3. The molecular formula is C13H11AcFN5O3S-. The van der Waals surface area contributed by atoms with Crippen LogP contribution < -0.4 is 10.2 Å². The van der Waals surface area contributed by atoms with Crippen LogP contribution >= 0.6 is 11.3 Å². The Kier molecular flexibility index (Phi) is 6.63. The van der Waals surface area contributed by atoms with Gasteiger partial charge < -0.3 is 10.5 Å². The van der Waals surface area contributed by atoms with Crippen molar-refractivity contribution in [3.8, 4) is 0 Å². The molecule has 1 saturated heterocycles. The maximum absolute atomic E-state index is 14.2. The number of carbonyl (C=O) groups excluding carboxylic acids is 2. The number of nitrogens with one attached hydrogen (secondary N) is 2. The second-order valence-electron chi connectivity index (χ2n) is 4.68. The molecule has 1 aliphatic heterocycles. The van der Waals surface area contributed by atoms with Crippen molar-refractivity contribution >= 4 is 34.2 Å². The summed E-state index contributed by atoms with van der Waals surface area (Å²) in [6.07, 6.45) is -1.17. The third-order valence-electron chi connectivity index (χ3n) is 3.19. The van der Waals surface area contributed by atoms with Gasteiger partial charge in [-0.15, -0.1) is 16.7 Å². The number of carbonyl (C=O) groups is 2. The van der Waals surface area contributed by atoms with Crippen molar-refractivity contribution < 1.29 is 62.8 Å². The summed E-state index contributed by atoms with van der Waals surface area (Å²) in [5.74, 6) is -1.43. The molecule has 1 aromatic heterocycles. The minimum atomic E-state index is -0.772. The van der Waals surface area contributed by atoms with E-state index in [-0.39, 0.29) is 73.5 Å². The normalized spacial score (nSPS) is 16.5. The SMILES string of the molecule is [Ac].[NH-]C[C@H]1CN(c2ccc(C(=O)Nc3nncs3)c(F)c2)C(=O)O1. The number of hydrogen-bond acceptors (Lipinski definition) is 6. The first-order valence-corrected chi connectivity index (χ1v) is 7.46. The van der Waals surface area contributed by atoms with Gasteiger partial charge >= 0.3 is 6.09 Å². The summed E-state index contributed by atoms with van der Waals surface area (Å²) in [6.45, 7) is 0.116. The van der Waals surface area contributed by atoms with Crippen LogP contribution in [0.1, 0.15) is 10.4 Å². The van der Waals surface area contributed by atoms with E-state index in [4.69, 9.17) is 10.5 Å². The van der Waals surface area contributed by atoms with Gasteiger partial charge in [0.15, 0.2) is 0 Å². The number of benzene rings is 1. The molecule has 24 heavy (non-hydrogen) atoms. The second kappa shape index (κ2) is 8.29. The number of anilines is 2. The molecule has 1 aromatic carbocycles. The van der Waals surface area contributed by atoms with Crippen molar-refractivity contribution in [1.29, 1.82) is 0 Å². The molecule has 2 aromatic rings. The van der Waals surface area contributed by atoms with Crippen LogP contribution in [0.3, 0.4) is 0 Å². The number of hydrogen-bond donors (Lipinski definition) is 1. The number of cyclic esters (lactones) is 1. The van der Waals surface area contributed by atoms with Crippen LogP contribution in [0.25, 0.3) is 5.73 Å². The summed E-state index contributed by atoms with van der Waals surface area (Å²) >= 11 is 1.11. The Morgan fingerprint density at radius 2 is 2.33 bits per heavy atom. The summed E-state index contributed by atoms with van der Waals surface area (Å²) in [4.78, 5) is 24.9. The van der Waals surface area contributed by atoms with Crippen LogP contribution in [-0.2, 0) is 4.74 Å². The number of amides is 2. The molecule has 2 amide bonds. The first-order chi connectivity index (χ1) is 11.1. The number of rotatable bonds is 4. The fourth-order valence-electron chi connectivity index (χ4n) is 2.09. The summed E-state index contributed by atoms with van der Waals surface area (Å²) in [6, 6.07) is 3.82. The van der Waals surface area contributed by atoms with Crippen molar-refractivity contribution in [3.63, 3.8) is 0 Å². The van der Waals surface area contributed by atoms with Crippen LogP contribution in [0.15, 0.2) is 23.7 Å². The van der Waals surface area contributed by atoms with Gasteiger partial charge in [0.1, 0.15) is 17.4 Å². The minimum Gasteiger partial charge on any atom is -0.674 e. The van der Waals surface area contributed by atoms with Gasteiger partial charge in [0.2, 0.25) is 5.13 Å². The summed E-state index contributed by atoms with van der Waals surface area (Å²) in [7, 11) is 0. The molecule has 2 N–H and O–H groups in total. The Hall–Kier alpha value is -1.15. The van der Waals surface area contributed by atoms with Crippen LogP contribution in [-0.4, -0.2) is 41.4 Å². The Morgan fingerprint density at radius 3 is 2.92 bits per heavy atom. The number of aromatic nitrogens is 2. The Morgan fingerprint density at radius 1 is 1.54 bits per heavy atom. The fourth-order valence-corrected chi connectivity index (χ4v) is 2.53. The number of halogens is 1. The molecule has 11 heteroatoms. The first kappa shape index (κ1) is 19.2. The van der Waals surface area contributed by atoms with Gasteiger partial charge in [-0.25, -0.2) is 9.18 Å². The quantitative estimate of drug-likeness (QED) is 0.615. The van der Waals surface area contributed by atoms with E-state index in [0.717, 1.165) is 17.4 Å². The van der Waals surface area contributed by atoms with Gasteiger partial charge in [0, 0.05) is 44.1 Å². The third kappa shape index (κ3) is 4.08. The smallest absolute Gasteiger partial charge is 0.414 e. The average molecular weight is 563 g/mol. The molecular weight excluding hydrogens is 552 g/mol. The zero-order chi connectivity index (χ0) is 16.4. The van der Waals surface area contributed by atoms with Crippen molar-refractivity contribution in [2.24, 2.45) is 0 Å². The molecule has 1 aliphatic rings. The molecule has 3 rings (SSSR count). The van der Waals surface area contributed by atoms with E-state index >= 15 is 0 Å². The standard InChI is InChI=1S/C13H11FN5O3S.Ac/c14-10-3-7(19-5-8(4-15)22-13(19)21)1-2-9(10)11(20)17-12-18-16-6-23-12;/h1-3,6,8,15H,4-5H2,(H,17,18,20);/q-1;/t8-;/m0./s1. The average Bonchev–Trinajstić information content (AvgIpc) is 3.16. The zero-order valence-corrected chi connectivity index (χ0v) is 17.8. The molecule has 123 valence electrons. The molecule has 8 nitrogen and oxygen atoms in total. The number of ether oxygens (including phenoxy) is 1. The minimum absolute atomic E-state index is 0. The van der Waals surface area contributed by atoms with Crippen molar-refractivity contribution in [1.82, 2.24) is 10.2 Å². The van der Waals surface area contributed by atoms with Gasteiger partial charge in [-0.2, -0.15) is 0 Å². The predicted molar refractivity (Wildman–Crippen MR) is 81.1 cm³/mol. The maximum atomic E-state index is 14.2. The Labute approximate surface area is 176 Å². The van der Waals surface area contributed by atoms with Gasteiger partial charge in [-0.3, -0.25) is 15.0 Å². The van der Waals surface area contributed by atoms with E-state index in [1.165, 1.54) is 22.5 Å². The third-order valence-corrected chi connectivity index (χ3v) is 3.80. The van der Waals surface area contributed by atoms with Crippen LogP contribution in [0.2, 0.25) is 0 Å². The topological polar surface area (TPSA) is 108 Å². The first-order valence-electron chi connectivity index (χ1n) is 6.58. The molecule has 0 saturated carbocycles. The summed E-state index contributed by atoms with van der Waals surface area (Å²) in [5, 5.41) is 9.91. The van der Waals surface area contributed by atoms with Crippen molar-refractivity contribution in [2.45, 2.75) is 6.10 Å². The van der Waals surface area contributed by atoms with Crippen LogP contribution in [0, 0.1) is 49.9 Å². The van der Waals surface area contributed by atoms with E-state index in [2.05, 4.69) is 15.5 Å². The zero-order valence-electron chi connectivity index (χ0n) is 12.2. The van der Waals surface area contributed by atoms with E-state index in [0.29, 0.717) is 0 Å². The summed E-state index contributed by atoms with van der Waals surface area (Å²) in [5.41, 5.74) is 8.77. The van der Waals surface area contributed by atoms with E-state index < -0.39 is 23.9 Å². The van der Waals surface area contributed by atoms with Crippen LogP contribution in [0.5, 0.6) is 0 Å². The molecule has 1 fully saturated rings. The molecule has 0 unspecified atom stereocenters. The Balaban J connectivity index is 0.00000208.